The number of likely N-dealkylation sites (tertiary alicyclic amines) is 2. The maximum Gasteiger partial charge on any atom is 0.416 e. The molecule has 0 radical (unpaired) electrons. The molecule has 0 unspecified atom stereocenters. The van der Waals surface area contributed by atoms with Gasteiger partial charge in [-0.2, -0.15) is 26.3 Å². The number of hydrogen-bond donors (Lipinski definition) is 0. The number of halogens is 7. The number of anilines is 1. The van der Waals surface area contributed by atoms with Crippen molar-refractivity contribution in [2.24, 2.45) is 0 Å². The first-order valence-electron chi connectivity index (χ1n) is 33.4. The number of likely N-dealkylation sites (N-methyl/N-ethyl adjacent to an activating group) is 2. The van der Waals surface area contributed by atoms with E-state index in [1.165, 1.54) is 24.3 Å². The summed E-state index contributed by atoms with van der Waals surface area (Å²) >= 11 is 0. The summed E-state index contributed by atoms with van der Waals surface area (Å²) in [7, 11) is 7.30. The molecule has 2 atom stereocenters. The second-order valence-corrected chi connectivity index (χ2v) is 26.3. The minimum atomic E-state index is -5.15. The van der Waals surface area contributed by atoms with Crippen LogP contribution in [-0.4, -0.2) is 185 Å². The van der Waals surface area contributed by atoms with Gasteiger partial charge < -0.3 is 48.5 Å². The van der Waals surface area contributed by atoms with Crippen LogP contribution in [0.5, 0.6) is 0 Å². The number of carbonyl (C=O) groups excluding carboxylic acids is 5. The van der Waals surface area contributed by atoms with Crippen molar-refractivity contribution in [1.82, 2.24) is 29.4 Å². The maximum absolute atomic E-state index is 14.2. The standard InChI is InChI=1S/C75H86F7N7O8/c1-83(35-13-12-21-67(90)85(3)43-44-87-38-30-63(31-39-87)97-69(92)48-55-17-8-10-19-64(55)53-15-6-5-7-16-53)62-28-22-54(23-29-62)70(93)86(4)37-14-36-84(2)68(91)50-95-66-47-56-18-9-11-20-65(56)72(66)32-40-88(41-33-72)42-34-73(58-24-26-61(76)27-25-58)51-89(52-96-73)71(94)57-45-59(74(77,78)79)49-60(46-57)75(80,81)82/h5-11,15-20,22-29,45-46,49,63,66H,12-14,21,30-44,47-48,50-52H2,1-4H3/t66-,73-/m0/s1. The van der Waals surface area contributed by atoms with Crippen molar-refractivity contribution in [1.29, 1.82) is 0 Å². The number of esters is 1. The number of alkyl halides is 6. The Morgan fingerprint density at radius 1 is 0.629 bits per heavy atom. The molecule has 0 aromatic heterocycles. The normalized spacial score (nSPS) is 18.2. The van der Waals surface area contributed by atoms with Gasteiger partial charge in [-0.05, 0) is 159 Å². The number of carbonyl (C=O) groups is 5. The highest BCUT2D eigenvalue weighted by molar-refractivity contribution is 5.95. The zero-order valence-corrected chi connectivity index (χ0v) is 55.5. The van der Waals surface area contributed by atoms with Crippen LogP contribution in [0.2, 0.25) is 0 Å². The van der Waals surface area contributed by atoms with E-state index in [1.54, 1.807) is 28.8 Å². The monoisotopic (exact) mass is 1350 g/mol. The average molecular weight is 1350 g/mol. The molecule has 97 heavy (non-hydrogen) atoms. The molecule has 0 N–H and O–H groups in total. The van der Waals surface area contributed by atoms with Gasteiger partial charge in [0, 0.05) is 109 Å². The average Bonchev–Trinajstić information content (AvgIpc) is 1.59. The van der Waals surface area contributed by atoms with Crippen molar-refractivity contribution in [3.05, 3.63) is 196 Å². The van der Waals surface area contributed by atoms with Crippen molar-refractivity contribution >= 4 is 35.3 Å². The second-order valence-electron chi connectivity index (χ2n) is 26.3. The fourth-order valence-electron chi connectivity index (χ4n) is 14.0. The molecule has 3 heterocycles. The van der Waals surface area contributed by atoms with Crippen LogP contribution in [0.25, 0.3) is 11.1 Å². The number of hydrogen-bond acceptors (Lipinski definition) is 11. The number of amides is 4. The van der Waals surface area contributed by atoms with Gasteiger partial charge in [-0.3, -0.25) is 24.0 Å². The molecule has 3 aliphatic heterocycles. The number of nitrogens with zero attached hydrogens (tertiary/aromatic N) is 7. The third-order valence-electron chi connectivity index (χ3n) is 19.9. The Balaban J connectivity index is 0.618. The minimum absolute atomic E-state index is 0.0281. The molecule has 10 rings (SSSR count). The predicted molar refractivity (Wildman–Crippen MR) is 355 cm³/mol. The Labute approximate surface area is 563 Å². The Kier molecular flexibility index (Phi) is 23.3. The van der Waals surface area contributed by atoms with E-state index in [0.717, 1.165) is 90.3 Å². The number of rotatable bonds is 26. The molecule has 3 saturated heterocycles. The second kappa shape index (κ2) is 31.6. The smallest absolute Gasteiger partial charge is 0.416 e. The zero-order valence-electron chi connectivity index (χ0n) is 55.5. The number of piperidine rings is 2. The summed E-state index contributed by atoms with van der Waals surface area (Å²) in [6.45, 7) is 5.37. The Bertz CT molecular complexity index is 3640. The van der Waals surface area contributed by atoms with Crippen LogP contribution in [0.3, 0.4) is 0 Å². The lowest BCUT2D eigenvalue weighted by Crippen LogP contribution is -2.50. The summed E-state index contributed by atoms with van der Waals surface area (Å²) in [5.74, 6) is -2.05. The predicted octanol–water partition coefficient (Wildman–Crippen LogP) is 12.2. The summed E-state index contributed by atoms with van der Waals surface area (Å²) in [4.78, 5) is 79.9. The van der Waals surface area contributed by atoms with Gasteiger partial charge in [0.15, 0.2) is 0 Å². The van der Waals surface area contributed by atoms with Crippen molar-refractivity contribution < 1.29 is 68.9 Å². The molecular weight excluding hydrogens is 1260 g/mol. The van der Waals surface area contributed by atoms with E-state index in [-0.39, 0.29) is 68.0 Å². The molecule has 22 heteroatoms. The number of fused-ring (bicyclic) bond motifs is 2. The molecule has 1 spiro atoms. The highest BCUT2D eigenvalue weighted by Gasteiger charge is 2.50. The van der Waals surface area contributed by atoms with Crippen LogP contribution in [0, 0.1) is 5.82 Å². The Morgan fingerprint density at radius 2 is 1.26 bits per heavy atom. The van der Waals surface area contributed by atoms with Crippen molar-refractivity contribution in [2.45, 2.75) is 106 Å². The highest BCUT2D eigenvalue weighted by atomic mass is 19.4. The summed E-state index contributed by atoms with van der Waals surface area (Å²) in [5.41, 5.74) is 1.66. The maximum atomic E-state index is 14.2. The van der Waals surface area contributed by atoms with E-state index in [2.05, 4.69) is 26.8 Å². The van der Waals surface area contributed by atoms with Gasteiger partial charge in [0.05, 0.1) is 30.2 Å². The molecule has 4 amide bonds. The molecular formula is C75H86F7N7O8. The van der Waals surface area contributed by atoms with Crippen LogP contribution in [0.15, 0.2) is 146 Å². The molecule has 3 fully saturated rings. The summed E-state index contributed by atoms with van der Waals surface area (Å²) < 4.78 is 116. The van der Waals surface area contributed by atoms with Gasteiger partial charge in [-0.15, -0.1) is 0 Å². The van der Waals surface area contributed by atoms with E-state index in [0.29, 0.717) is 94.6 Å². The van der Waals surface area contributed by atoms with E-state index < -0.39 is 58.5 Å². The first kappa shape index (κ1) is 71.6. The molecule has 0 bridgehead atoms. The molecule has 4 aliphatic rings. The van der Waals surface area contributed by atoms with Gasteiger partial charge in [0.2, 0.25) is 11.8 Å². The van der Waals surface area contributed by atoms with Crippen LogP contribution >= 0.6 is 0 Å². The number of ether oxygens (including phenoxy) is 3. The zero-order chi connectivity index (χ0) is 69.1. The van der Waals surface area contributed by atoms with E-state index in [1.807, 2.05) is 105 Å². The first-order chi connectivity index (χ1) is 46.4. The fourth-order valence-corrected chi connectivity index (χ4v) is 14.0. The topological polar surface area (TPSA) is 136 Å². The summed E-state index contributed by atoms with van der Waals surface area (Å²) in [6, 6.07) is 39.8. The van der Waals surface area contributed by atoms with E-state index in [4.69, 9.17) is 14.2 Å². The van der Waals surface area contributed by atoms with Crippen molar-refractivity contribution in [3.8, 4) is 11.1 Å². The molecule has 1 aliphatic carbocycles. The van der Waals surface area contributed by atoms with Gasteiger partial charge in [0.25, 0.3) is 11.8 Å². The largest absolute Gasteiger partial charge is 0.462 e. The van der Waals surface area contributed by atoms with Gasteiger partial charge in [-0.25, -0.2) is 4.39 Å². The quantitative estimate of drug-likeness (QED) is 0.0292. The lowest BCUT2D eigenvalue weighted by Gasteiger charge is -2.44. The number of unbranched alkanes of at least 4 members (excludes halogenated alkanes) is 1. The molecule has 15 nitrogen and oxygen atoms in total. The number of benzene rings is 6. The minimum Gasteiger partial charge on any atom is -0.462 e. The van der Waals surface area contributed by atoms with E-state index >= 15 is 0 Å². The molecule has 6 aromatic carbocycles. The van der Waals surface area contributed by atoms with Crippen LogP contribution < -0.4 is 4.90 Å². The molecule has 0 saturated carbocycles. The first-order valence-corrected chi connectivity index (χ1v) is 33.4. The van der Waals surface area contributed by atoms with Crippen LogP contribution in [0.4, 0.5) is 36.4 Å². The lowest BCUT2D eigenvalue weighted by molar-refractivity contribution is -0.150. The fraction of sp³-hybridized carbons (Fsp3) is 0.453. The highest BCUT2D eigenvalue weighted by Crippen LogP contribution is 2.48. The van der Waals surface area contributed by atoms with Crippen molar-refractivity contribution in [2.75, 3.05) is 118 Å². The lowest BCUT2D eigenvalue weighted by atomic mass is 9.72. The summed E-state index contributed by atoms with van der Waals surface area (Å²) in [5, 5.41) is 0. The van der Waals surface area contributed by atoms with Crippen LogP contribution in [0.1, 0.15) is 112 Å². The Morgan fingerprint density at radius 3 is 1.95 bits per heavy atom. The van der Waals surface area contributed by atoms with E-state index in [9.17, 15) is 54.7 Å². The third-order valence-corrected chi connectivity index (χ3v) is 19.9. The van der Waals surface area contributed by atoms with Gasteiger partial charge in [0.1, 0.15) is 30.9 Å². The molecule has 6 aromatic rings. The van der Waals surface area contributed by atoms with Crippen molar-refractivity contribution in [3.63, 3.8) is 0 Å². The Hall–Kier alpha value is -8.18. The SMILES string of the molecule is CN(CCN1CCC(OC(=O)Cc2ccccc2-c2ccccc2)CC1)C(=O)CCCCN(C)c1ccc(C(=O)N(C)CCCN(C)C(=O)CO[C@H]2Cc3ccccc3C23CCN(CC[C@@]2(c4ccc(F)cc4)CN(C(=O)c4cc(C(F)(F)F)cc(C(F)(F)F)c4)CO2)CC3)cc1. The van der Waals surface area contributed by atoms with Crippen LogP contribution in [-0.2, 0) is 64.8 Å². The summed E-state index contributed by atoms with van der Waals surface area (Å²) in [6.07, 6.45) is -4.23. The third kappa shape index (κ3) is 18.0. The van der Waals surface area contributed by atoms with Gasteiger partial charge >= 0.3 is 18.3 Å². The van der Waals surface area contributed by atoms with Gasteiger partial charge in [-0.1, -0.05) is 91.0 Å². The molecule has 518 valence electrons.